The summed E-state index contributed by atoms with van der Waals surface area (Å²) in [5.74, 6) is -0.207. The van der Waals surface area contributed by atoms with Gasteiger partial charge in [-0.1, -0.05) is 6.07 Å². The van der Waals surface area contributed by atoms with Gasteiger partial charge in [-0.15, -0.1) is 4.73 Å². The van der Waals surface area contributed by atoms with Crippen LogP contribution in [-0.2, 0) is 4.79 Å². The summed E-state index contributed by atoms with van der Waals surface area (Å²) in [5, 5.41) is 14.1. The van der Waals surface area contributed by atoms with Crippen molar-refractivity contribution in [3.05, 3.63) is 58.9 Å². The molecule has 5 heteroatoms. The summed E-state index contributed by atoms with van der Waals surface area (Å²) < 4.78 is 5.74. The van der Waals surface area contributed by atoms with Gasteiger partial charge < -0.3 is 15.3 Å². The van der Waals surface area contributed by atoms with Gasteiger partial charge in [-0.3, -0.25) is 4.79 Å². The minimum Gasteiger partial charge on any atom is -0.616 e. The maximum absolute atomic E-state index is 11.8. The number of amides is 1. The van der Waals surface area contributed by atoms with Crippen LogP contribution in [0, 0.1) is 19.1 Å². The Kier molecular flexibility index (Phi) is 4.20. The Morgan fingerprint density at radius 1 is 1.25 bits per heavy atom. The van der Waals surface area contributed by atoms with Gasteiger partial charge in [-0.2, -0.15) is 0 Å². The standard InChI is InChI=1S/C15H16N2O3/c1-11-7-12(2)9-13(8-11)16-14(18)10-20-15-5-3-4-6-17(15)19/h3-9H,10H2,1-2H3,(H,16,18). The highest BCUT2D eigenvalue weighted by atomic mass is 16.6. The summed E-state index contributed by atoms with van der Waals surface area (Å²) in [6.45, 7) is 3.71. The Balaban J connectivity index is 1.94. The third kappa shape index (κ3) is 3.71. The average Bonchev–Trinajstić information content (AvgIpc) is 2.36. The largest absolute Gasteiger partial charge is 0.616 e. The van der Waals surface area contributed by atoms with E-state index in [0.717, 1.165) is 16.8 Å². The summed E-state index contributed by atoms with van der Waals surface area (Å²) >= 11 is 0. The summed E-state index contributed by atoms with van der Waals surface area (Å²) in [4.78, 5) is 11.8. The lowest BCUT2D eigenvalue weighted by atomic mass is 10.1. The molecule has 0 aliphatic heterocycles. The summed E-state index contributed by atoms with van der Waals surface area (Å²) in [6, 6.07) is 10.6. The fraction of sp³-hybridized carbons (Fsp3) is 0.200. The van der Waals surface area contributed by atoms with Crippen molar-refractivity contribution in [1.82, 2.24) is 0 Å². The van der Waals surface area contributed by atoms with Crippen molar-refractivity contribution in [2.45, 2.75) is 13.8 Å². The Bertz CT molecular complexity index is 606. The highest BCUT2D eigenvalue weighted by molar-refractivity contribution is 5.92. The maximum Gasteiger partial charge on any atom is 0.379 e. The molecule has 0 saturated carbocycles. The Morgan fingerprint density at radius 2 is 1.95 bits per heavy atom. The van der Waals surface area contributed by atoms with Gasteiger partial charge in [0.15, 0.2) is 12.8 Å². The van der Waals surface area contributed by atoms with Crippen molar-refractivity contribution in [1.29, 1.82) is 0 Å². The molecule has 2 rings (SSSR count). The molecule has 0 aliphatic rings. The monoisotopic (exact) mass is 272 g/mol. The zero-order valence-corrected chi connectivity index (χ0v) is 11.4. The molecule has 0 unspecified atom stereocenters. The molecule has 0 aliphatic carbocycles. The highest BCUT2D eigenvalue weighted by Gasteiger charge is 2.09. The predicted molar refractivity (Wildman–Crippen MR) is 75.4 cm³/mol. The van der Waals surface area contributed by atoms with Crippen LogP contribution >= 0.6 is 0 Å². The van der Waals surface area contributed by atoms with E-state index in [1.165, 1.54) is 12.3 Å². The SMILES string of the molecule is Cc1cc(C)cc(NC(=O)COc2cccc[n+]2[O-])c1. The van der Waals surface area contributed by atoms with E-state index in [-0.39, 0.29) is 18.4 Å². The van der Waals surface area contributed by atoms with Crippen molar-refractivity contribution in [2.24, 2.45) is 0 Å². The number of rotatable bonds is 4. The summed E-state index contributed by atoms with van der Waals surface area (Å²) in [6.07, 6.45) is 1.32. The van der Waals surface area contributed by atoms with Crippen molar-refractivity contribution in [3.8, 4) is 5.88 Å². The summed E-state index contributed by atoms with van der Waals surface area (Å²) in [5.41, 5.74) is 2.86. The number of pyridine rings is 1. The van der Waals surface area contributed by atoms with Gasteiger partial charge in [0.25, 0.3) is 5.91 Å². The molecule has 0 bridgehead atoms. The third-order valence-corrected chi connectivity index (χ3v) is 2.65. The van der Waals surface area contributed by atoms with Gasteiger partial charge in [0.05, 0.1) is 6.07 Å². The number of aryl methyl sites for hydroxylation is 2. The van der Waals surface area contributed by atoms with E-state index >= 15 is 0 Å². The van der Waals surface area contributed by atoms with Gasteiger partial charge in [-0.25, -0.2) is 0 Å². The molecule has 0 atom stereocenters. The second kappa shape index (κ2) is 6.06. The number of carbonyl (C=O) groups is 1. The number of benzene rings is 1. The van der Waals surface area contributed by atoms with Crippen LogP contribution in [0.3, 0.4) is 0 Å². The molecule has 104 valence electrons. The smallest absolute Gasteiger partial charge is 0.379 e. The van der Waals surface area contributed by atoms with Gasteiger partial charge >= 0.3 is 5.88 Å². The molecule has 0 radical (unpaired) electrons. The highest BCUT2D eigenvalue weighted by Crippen LogP contribution is 2.13. The number of nitrogens with zero attached hydrogens (tertiary/aromatic N) is 1. The first kappa shape index (κ1) is 13.9. The molecule has 1 amide bonds. The lowest BCUT2D eigenvalue weighted by molar-refractivity contribution is -0.612. The van der Waals surface area contributed by atoms with E-state index in [9.17, 15) is 10.0 Å². The molecular formula is C15H16N2O3. The van der Waals surface area contributed by atoms with Gasteiger partial charge in [-0.05, 0) is 43.2 Å². The molecule has 2 aromatic rings. The molecule has 1 N–H and O–H groups in total. The van der Waals surface area contributed by atoms with Crippen molar-refractivity contribution in [2.75, 3.05) is 11.9 Å². The van der Waals surface area contributed by atoms with Gasteiger partial charge in [0.2, 0.25) is 0 Å². The minimum atomic E-state index is -0.307. The molecule has 0 fully saturated rings. The first-order valence-corrected chi connectivity index (χ1v) is 6.24. The Morgan fingerprint density at radius 3 is 2.60 bits per heavy atom. The first-order chi connectivity index (χ1) is 9.54. The number of aromatic nitrogens is 1. The van der Waals surface area contributed by atoms with Crippen LogP contribution in [0.25, 0.3) is 0 Å². The second-order valence-corrected chi connectivity index (χ2v) is 4.58. The Hall–Kier alpha value is -2.56. The van der Waals surface area contributed by atoms with Crippen LogP contribution < -0.4 is 14.8 Å². The van der Waals surface area contributed by atoms with Crippen LogP contribution in [-0.4, -0.2) is 12.5 Å². The van der Waals surface area contributed by atoms with E-state index in [1.807, 2.05) is 32.0 Å². The van der Waals surface area contributed by atoms with Crippen molar-refractivity contribution >= 4 is 11.6 Å². The lowest BCUT2D eigenvalue weighted by Crippen LogP contribution is -2.30. The van der Waals surface area contributed by atoms with Crippen LogP contribution in [0.1, 0.15) is 11.1 Å². The van der Waals surface area contributed by atoms with Crippen LogP contribution in [0.5, 0.6) is 5.88 Å². The molecule has 20 heavy (non-hydrogen) atoms. The Labute approximate surface area is 117 Å². The molecule has 1 heterocycles. The van der Waals surface area contributed by atoms with E-state index in [1.54, 1.807) is 12.1 Å². The van der Waals surface area contributed by atoms with E-state index in [2.05, 4.69) is 5.32 Å². The fourth-order valence-corrected chi connectivity index (χ4v) is 1.91. The molecule has 5 nitrogen and oxygen atoms in total. The lowest BCUT2D eigenvalue weighted by Gasteiger charge is -2.08. The molecule has 0 saturated heterocycles. The topological polar surface area (TPSA) is 65.3 Å². The fourth-order valence-electron chi connectivity index (χ4n) is 1.91. The average molecular weight is 272 g/mol. The zero-order valence-electron chi connectivity index (χ0n) is 11.4. The zero-order chi connectivity index (χ0) is 14.5. The summed E-state index contributed by atoms with van der Waals surface area (Å²) in [7, 11) is 0. The van der Waals surface area contributed by atoms with Crippen LogP contribution in [0.15, 0.2) is 42.6 Å². The number of hydrogen-bond acceptors (Lipinski definition) is 3. The third-order valence-electron chi connectivity index (χ3n) is 2.65. The first-order valence-electron chi connectivity index (χ1n) is 6.24. The number of hydrogen-bond donors (Lipinski definition) is 1. The quantitative estimate of drug-likeness (QED) is 0.683. The number of anilines is 1. The van der Waals surface area contributed by atoms with Crippen molar-refractivity contribution in [3.63, 3.8) is 0 Å². The van der Waals surface area contributed by atoms with Crippen LogP contribution in [0.2, 0.25) is 0 Å². The van der Waals surface area contributed by atoms with E-state index in [4.69, 9.17) is 4.74 Å². The molecular weight excluding hydrogens is 256 g/mol. The number of carbonyl (C=O) groups excluding carboxylic acids is 1. The van der Waals surface area contributed by atoms with Crippen LogP contribution in [0.4, 0.5) is 5.69 Å². The molecule has 1 aromatic heterocycles. The maximum atomic E-state index is 11.8. The van der Waals surface area contributed by atoms with Gasteiger partial charge in [0, 0.05) is 11.8 Å². The molecule has 1 aromatic carbocycles. The minimum absolute atomic E-state index is 0.100. The molecule has 0 spiro atoms. The van der Waals surface area contributed by atoms with E-state index < -0.39 is 0 Å². The normalized spacial score (nSPS) is 10.1. The second-order valence-electron chi connectivity index (χ2n) is 4.58. The van der Waals surface area contributed by atoms with E-state index in [0.29, 0.717) is 4.73 Å². The van der Waals surface area contributed by atoms with Crippen molar-refractivity contribution < 1.29 is 14.3 Å². The number of nitrogens with one attached hydrogen (secondary N) is 1. The van der Waals surface area contributed by atoms with Gasteiger partial charge in [0.1, 0.15) is 0 Å². The predicted octanol–water partition coefficient (Wildman–Crippen LogP) is 1.95. The number of ether oxygens (including phenoxy) is 1.